The minimum atomic E-state index is -0.701. The first-order valence-corrected chi connectivity index (χ1v) is 8.44. The molecule has 0 spiro atoms. The highest BCUT2D eigenvalue weighted by molar-refractivity contribution is 6.31. The summed E-state index contributed by atoms with van der Waals surface area (Å²) in [7, 11) is 0. The number of anilines is 1. The highest BCUT2D eigenvalue weighted by atomic mass is 35.5. The van der Waals surface area contributed by atoms with Gasteiger partial charge in [-0.2, -0.15) is 0 Å². The molecule has 0 aliphatic rings. The van der Waals surface area contributed by atoms with Crippen molar-refractivity contribution in [1.82, 2.24) is 0 Å². The maximum absolute atomic E-state index is 11.0. The van der Waals surface area contributed by atoms with E-state index in [9.17, 15) is 5.11 Å². The predicted molar refractivity (Wildman–Crippen MR) is 95.8 cm³/mol. The molecular formula is C18H29ClN2O. The number of rotatable bonds is 8. The lowest BCUT2D eigenvalue weighted by molar-refractivity contribution is -0.00195. The quantitative estimate of drug-likeness (QED) is 0.454. The lowest BCUT2D eigenvalue weighted by atomic mass is 9.68. The number of aliphatic hydroxyl groups excluding tert-OH is 1. The molecule has 0 aromatic heterocycles. The fourth-order valence-corrected chi connectivity index (χ4v) is 3.45. The molecule has 1 atom stereocenters. The number of hydrogen-bond donors (Lipinski definition) is 3. The molecular weight excluding hydrogens is 296 g/mol. The zero-order valence-corrected chi connectivity index (χ0v) is 14.9. The minimum Gasteiger partial charge on any atom is -0.398 e. The maximum Gasteiger partial charge on any atom is 0.0864 e. The van der Waals surface area contributed by atoms with Crippen LogP contribution in [-0.4, -0.2) is 11.3 Å². The Balaban J connectivity index is 3.24. The van der Waals surface area contributed by atoms with Gasteiger partial charge in [-0.1, -0.05) is 65.0 Å². The lowest BCUT2D eigenvalue weighted by Gasteiger charge is -2.39. The van der Waals surface area contributed by atoms with Crippen molar-refractivity contribution in [3.63, 3.8) is 0 Å². The van der Waals surface area contributed by atoms with E-state index in [0.29, 0.717) is 27.8 Å². The van der Waals surface area contributed by atoms with E-state index in [0.717, 1.165) is 25.7 Å². The Morgan fingerprint density at radius 3 is 2.27 bits per heavy atom. The number of nitrogen functional groups attached to an aromatic ring is 1. The molecule has 3 nitrogen and oxygen atoms in total. The van der Waals surface area contributed by atoms with Crippen LogP contribution < -0.4 is 5.73 Å². The lowest BCUT2D eigenvalue weighted by Crippen LogP contribution is -2.32. The van der Waals surface area contributed by atoms with Crippen LogP contribution in [0.4, 0.5) is 5.69 Å². The Kier molecular flexibility index (Phi) is 6.89. The average Bonchev–Trinajstić information content (AvgIpc) is 2.48. The standard InChI is InChI=1S/C18H29ClN2O/c1-5-7-13(8-6-2)18(3,4)17(22)15-10-14(19)9-12(11-20)16(15)21/h9-11,13,17,20,22H,5-8,21H2,1-4H3. The Hall–Kier alpha value is -1.06. The van der Waals surface area contributed by atoms with E-state index in [4.69, 9.17) is 22.7 Å². The maximum atomic E-state index is 11.0. The Bertz CT molecular complexity index is 508. The van der Waals surface area contributed by atoms with Gasteiger partial charge < -0.3 is 16.2 Å². The number of nitrogens with two attached hydrogens (primary N) is 1. The number of aliphatic hydroxyl groups is 1. The van der Waals surface area contributed by atoms with Gasteiger partial charge in [0.25, 0.3) is 0 Å². The molecule has 1 rings (SSSR count). The van der Waals surface area contributed by atoms with Crippen molar-refractivity contribution < 1.29 is 5.11 Å². The fourth-order valence-electron chi connectivity index (χ4n) is 3.22. The van der Waals surface area contributed by atoms with Crippen molar-refractivity contribution in [1.29, 1.82) is 5.41 Å². The van der Waals surface area contributed by atoms with Gasteiger partial charge in [-0.3, -0.25) is 0 Å². The average molecular weight is 325 g/mol. The van der Waals surface area contributed by atoms with Crippen molar-refractivity contribution in [3.05, 3.63) is 28.3 Å². The third kappa shape index (κ3) is 4.02. The summed E-state index contributed by atoms with van der Waals surface area (Å²) in [6.07, 6.45) is 4.83. The van der Waals surface area contributed by atoms with E-state index >= 15 is 0 Å². The summed E-state index contributed by atoms with van der Waals surface area (Å²) in [5.41, 5.74) is 7.48. The molecule has 124 valence electrons. The first-order valence-electron chi connectivity index (χ1n) is 8.06. The molecule has 0 saturated carbocycles. The van der Waals surface area contributed by atoms with E-state index < -0.39 is 6.10 Å². The molecule has 1 aromatic carbocycles. The molecule has 4 heteroatoms. The van der Waals surface area contributed by atoms with E-state index in [1.807, 2.05) is 0 Å². The van der Waals surface area contributed by atoms with E-state index in [1.54, 1.807) is 12.1 Å². The number of halogens is 1. The molecule has 0 aliphatic carbocycles. The van der Waals surface area contributed by atoms with E-state index in [2.05, 4.69) is 27.7 Å². The molecule has 4 N–H and O–H groups in total. The molecule has 22 heavy (non-hydrogen) atoms. The van der Waals surface area contributed by atoms with Gasteiger partial charge in [0.15, 0.2) is 0 Å². The van der Waals surface area contributed by atoms with Gasteiger partial charge in [-0.05, 0) is 23.5 Å². The van der Waals surface area contributed by atoms with Crippen molar-refractivity contribution >= 4 is 23.5 Å². The summed E-state index contributed by atoms with van der Waals surface area (Å²) in [6.45, 7) is 8.54. The predicted octanol–water partition coefficient (Wildman–Crippen LogP) is 5.20. The Morgan fingerprint density at radius 2 is 1.82 bits per heavy atom. The summed E-state index contributed by atoms with van der Waals surface area (Å²) in [5, 5.41) is 18.9. The van der Waals surface area contributed by atoms with Gasteiger partial charge in [0.1, 0.15) is 0 Å². The highest BCUT2D eigenvalue weighted by Crippen LogP contribution is 2.46. The molecule has 0 aliphatic heterocycles. The molecule has 1 unspecified atom stereocenters. The van der Waals surface area contributed by atoms with Crippen LogP contribution >= 0.6 is 11.6 Å². The summed E-state index contributed by atoms with van der Waals surface area (Å²) >= 11 is 6.13. The zero-order valence-electron chi connectivity index (χ0n) is 14.1. The molecule has 0 radical (unpaired) electrons. The van der Waals surface area contributed by atoms with Gasteiger partial charge in [0.05, 0.1) is 6.10 Å². The van der Waals surface area contributed by atoms with Crippen molar-refractivity contribution in [2.45, 2.75) is 59.5 Å². The molecule has 0 fully saturated rings. The highest BCUT2D eigenvalue weighted by Gasteiger charge is 2.37. The third-order valence-corrected chi connectivity index (χ3v) is 4.91. The summed E-state index contributed by atoms with van der Waals surface area (Å²) in [6, 6.07) is 3.38. The molecule has 0 bridgehead atoms. The largest absolute Gasteiger partial charge is 0.398 e. The van der Waals surface area contributed by atoms with Gasteiger partial charge in [0.2, 0.25) is 0 Å². The first-order chi connectivity index (χ1) is 10.3. The molecule has 0 heterocycles. The van der Waals surface area contributed by atoms with Crippen LogP contribution in [-0.2, 0) is 0 Å². The van der Waals surface area contributed by atoms with Crippen LogP contribution in [0.1, 0.15) is 70.6 Å². The SMILES string of the molecule is CCCC(CCC)C(C)(C)C(O)c1cc(Cl)cc(C=N)c1N. The zero-order chi connectivity index (χ0) is 16.9. The first kappa shape index (κ1) is 19.0. The van der Waals surface area contributed by atoms with Crippen LogP contribution in [0.3, 0.4) is 0 Å². The fraction of sp³-hybridized carbons (Fsp3) is 0.611. The van der Waals surface area contributed by atoms with Crippen molar-refractivity contribution in [3.8, 4) is 0 Å². The molecule has 0 saturated heterocycles. The molecule has 1 aromatic rings. The van der Waals surface area contributed by atoms with Crippen LogP contribution in [0.25, 0.3) is 0 Å². The summed E-state index contributed by atoms with van der Waals surface area (Å²) < 4.78 is 0. The van der Waals surface area contributed by atoms with Crippen molar-refractivity contribution in [2.75, 3.05) is 5.73 Å². The second-order valence-electron chi connectivity index (χ2n) is 6.64. The van der Waals surface area contributed by atoms with Gasteiger partial charge in [-0.15, -0.1) is 0 Å². The van der Waals surface area contributed by atoms with Crippen LogP contribution in [0, 0.1) is 16.7 Å². The van der Waals surface area contributed by atoms with Crippen LogP contribution in [0.2, 0.25) is 5.02 Å². The summed E-state index contributed by atoms with van der Waals surface area (Å²) in [5.74, 6) is 0.416. The second-order valence-corrected chi connectivity index (χ2v) is 7.08. The Morgan fingerprint density at radius 1 is 1.27 bits per heavy atom. The summed E-state index contributed by atoms with van der Waals surface area (Å²) in [4.78, 5) is 0. The smallest absolute Gasteiger partial charge is 0.0864 e. The van der Waals surface area contributed by atoms with Crippen LogP contribution in [0.15, 0.2) is 12.1 Å². The second kappa shape index (κ2) is 7.98. The number of benzene rings is 1. The topological polar surface area (TPSA) is 70.1 Å². The van der Waals surface area contributed by atoms with Crippen molar-refractivity contribution in [2.24, 2.45) is 11.3 Å². The van der Waals surface area contributed by atoms with Gasteiger partial charge >= 0.3 is 0 Å². The third-order valence-electron chi connectivity index (χ3n) is 4.69. The normalized spacial score (nSPS) is 13.4. The van der Waals surface area contributed by atoms with Crippen LogP contribution in [0.5, 0.6) is 0 Å². The van der Waals surface area contributed by atoms with Gasteiger partial charge in [0, 0.05) is 28.1 Å². The van der Waals surface area contributed by atoms with E-state index in [1.165, 1.54) is 6.21 Å². The number of hydrogen-bond acceptors (Lipinski definition) is 3. The number of nitrogens with one attached hydrogen (secondary N) is 1. The monoisotopic (exact) mass is 324 g/mol. The van der Waals surface area contributed by atoms with Gasteiger partial charge in [-0.25, -0.2) is 0 Å². The van der Waals surface area contributed by atoms with E-state index in [-0.39, 0.29) is 5.41 Å². The molecule has 0 amide bonds. The Labute approximate surface area is 139 Å². The minimum absolute atomic E-state index is 0.301.